The van der Waals surface area contributed by atoms with Crippen LogP contribution in [0.1, 0.15) is 31.7 Å². The van der Waals surface area contributed by atoms with Gasteiger partial charge in [-0.05, 0) is 19.8 Å². The highest BCUT2D eigenvalue weighted by molar-refractivity contribution is 5.08. The van der Waals surface area contributed by atoms with E-state index in [0.717, 1.165) is 18.2 Å². The zero-order valence-electron chi connectivity index (χ0n) is 8.46. The number of hydrogen-bond donors (Lipinski definition) is 0. The van der Waals surface area contributed by atoms with Crippen molar-refractivity contribution in [1.29, 1.82) is 0 Å². The molecule has 2 heteroatoms. The lowest BCUT2D eigenvalue weighted by Gasteiger charge is -2.10. The Hall–Kier alpha value is -0.790. The van der Waals surface area contributed by atoms with E-state index in [-0.39, 0.29) is 0 Å². The molecule has 1 rings (SSSR count). The highest BCUT2D eigenvalue weighted by Gasteiger charge is 2.04. The normalized spacial score (nSPS) is 13.3. The van der Waals surface area contributed by atoms with Crippen molar-refractivity contribution in [3.63, 3.8) is 0 Å². The number of hydrogen-bond acceptors (Lipinski definition) is 1. The van der Waals surface area contributed by atoms with E-state index >= 15 is 0 Å². The fourth-order valence-electron chi connectivity index (χ4n) is 1.19. The Balaban J connectivity index is 2.69. The molecule has 1 aromatic rings. The summed E-state index contributed by atoms with van der Waals surface area (Å²) in [7, 11) is 0. The fraction of sp³-hybridized carbons (Fsp3) is 0.700. The molecule has 0 aliphatic rings. The molecule has 2 nitrogen and oxygen atoms in total. The molecule has 12 heavy (non-hydrogen) atoms. The first kappa shape index (κ1) is 9.30. The van der Waals surface area contributed by atoms with Gasteiger partial charge in [0.15, 0.2) is 0 Å². The third kappa shape index (κ3) is 1.87. The molecule has 0 N–H and O–H groups in total. The van der Waals surface area contributed by atoms with Gasteiger partial charge in [-0.3, -0.25) is 0 Å². The Morgan fingerprint density at radius 3 is 2.58 bits per heavy atom. The van der Waals surface area contributed by atoms with Crippen LogP contribution >= 0.6 is 0 Å². The molecule has 0 radical (unpaired) electrons. The number of aromatic nitrogens is 2. The first-order chi connectivity index (χ1) is 5.65. The number of aryl methyl sites for hydroxylation is 1. The van der Waals surface area contributed by atoms with E-state index in [9.17, 15) is 0 Å². The SMILES string of the molecule is CCC(C)Cn1cnc(C)c1C. The number of rotatable bonds is 3. The van der Waals surface area contributed by atoms with Crippen LogP contribution in [0.4, 0.5) is 0 Å². The van der Waals surface area contributed by atoms with Crippen LogP contribution in [0.15, 0.2) is 6.33 Å². The van der Waals surface area contributed by atoms with Crippen LogP contribution in [0.3, 0.4) is 0 Å². The minimum absolute atomic E-state index is 0.747. The topological polar surface area (TPSA) is 17.8 Å². The Morgan fingerprint density at radius 1 is 1.50 bits per heavy atom. The zero-order chi connectivity index (χ0) is 9.14. The minimum Gasteiger partial charge on any atom is -0.334 e. The van der Waals surface area contributed by atoms with Crippen molar-refractivity contribution < 1.29 is 0 Å². The third-order valence-corrected chi connectivity index (χ3v) is 2.55. The van der Waals surface area contributed by atoms with Crippen molar-refractivity contribution in [3.05, 3.63) is 17.7 Å². The second-order valence-electron chi connectivity index (χ2n) is 3.58. The molecule has 1 heterocycles. The van der Waals surface area contributed by atoms with E-state index < -0.39 is 0 Å². The predicted octanol–water partition coefficient (Wildman–Crippen LogP) is 2.55. The van der Waals surface area contributed by atoms with Crippen LogP contribution in [0.25, 0.3) is 0 Å². The van der Waals surface area contributed by atoms with Crippen LogP contribution in [-0.4, -0.2) is 9.55 Å². The largest absolute Gasteiger partial charge is 0.334 e. The molecule has 0 aliphatic carbocycles. The van der Waals surface area contributed by atoms with Gasteiger partial charge in [-0.15, -0.1) is 0 Å². The van der Waals surface area contributed by atoms with Crippen LogP contribution in [0, 0.1) is 19.8 Å². The smallest absolute Gasteiger partial charge is 0.0951 e. The number of imidazole rings is 1. The zero-order valence-corrected chi connectivity index (χ0v) is 8.46. The molecule has 0 fully saturated rings. The molecule has 0 saturated heterocycles. The van der Waals surface area contributed by atoms with Gasteiger partial charge < -0.3 is 4.57 Å². The molecule has 1 atom stereocenters. The molecular weight excluding hydrogens is 148 g/mol. The maximum absolute atomic E-state index is 4.27. The molecule has 1 aromatic heterocycles. The van der Waals surface area contributed by atoms with Gasteiger partial charge in [-0.25, -0.2) is 4.98 Å². The van der Waals surface area contributed by atoms with Crippen molar-refractivity contribution in [2.45, 2.75) is 40.7 Å². The summed E-state index contributed by atoms with van der Waals surface area (Å²) in [4.78, 5) is 4.27. The Kier molecular flexibility index (Phi) is 2.90. The summed E-state index contributed by atoms with van der Waals surface area (Å²) in [6.45, 7) is 9.79. The van der Waals surface area contributed by atoms with Gasteiger partial charge in [-0.2, -0.15) is 0 Å². The van der Waals surface area contributed by atoms with Crippen LogP contribution in [-0.2, 0) is 6.54 Å². The van der Waals surface area contributed by atoms with Crippen molar-refractivity contribution in [1.82, 2.24) is 9.55 Å². The van der Waals surface area contributed by atoms with E-state index in [1.165, 1.54) is 12.1 Å². The molecule has 0 spiro atoms. The molecule has 0 bridgehead atoms. The molecule has 1 unspecified atom stereocenters. The first-order valence-corrected chi connectivity index (χ1v) is 4.63. The summed E-state index contributed by atoms with van der Waals surface area (Å²) in [5, 5.41) is 0. The molecule has 0 amide bonds. The first-order valence-electron chi connectivity index (χ1n) is 4.63. The van der Waals surface area contributed by atoms with Gasteiger partial charge in [0.25, 0.3) is 0 Å². The number of nitrogens with zero attached hydrogens (tertiary/aromatic N) is 2. The minimum atomic E-state index is 0.747. The lowest BCUT2D eigenvalue weighted by atomic mass is 10.1. The highest BCUT2D eigenvalue weighted by atomic mass is 15.1. The Labute approximate surface area is 74.6 Å². The summed E-state index contributed by atoms with van der Waals surface area (Å²) in [6, 6.07) is 0. The van der Waals surface area contributed by atoms with Crippen molar-refractivity contribution >= 4 is 0 Å². The van der Waals surface area contributed by atoms with E-state index in [0.29, 0.717) is 0 Å². The summed E-state index contributed by atoms with van der Waals surface area (Å²) in [5.41, 5.74) is 2.45. The maximum Gasteiger partial charge on any atom is 0.0951 e. The van der Waals surface area contributed by atoms with Gasteiger partial charge >= 0.3 is 0 Å². The molecule has 0 saturated carbocycles. The van der Waals surface area contributed by atoms with Gasteiger partial charge in [0.1, 0.15) is 0 Å². The monoisotopic (exact) mass is 166 g/mol. The second kappa shape index (κ2) is 3.74. The van der Waals surface area contributed by atoms with Crippen LogP contribution in [0.2, 0.25) is 0 Å². The predicted molar refractivity (Wildman–Crippen MR) is 51.2 cm³/mol. The van der Waals surface area contributed by atoms with Gasteiger partial charge in [0, 0.05) is 12.2 Å². The molecule has 68 valence electrons. The second-order valence-corrected chi connectivity index (χ2v) is 3.58. The van der Waals surface area contributed by atoms with Crippen LogP contribution < -0.4 is 0 Å². The summed E-state index contributed by atoms with van der Waals surface area (Å²) in [5.74, 6) is 0.747. The average Bonchev–Trinajstić information content (AvgIpc) is 2.36. The summed E-state index contributed by atoms with van der Waals surface area (Å²) < 4.78 is 2.24. The summed E-state index contributed by atoms with van der Waals surface area (Å²) >= 11 is 0. The quantitative estimate of drug-likeness (QED) is 0.674. The Morgan fingerprint density at radius 2 is 2.17 bits per heavy atom. The standard InChI is InChI=1S/C10H18N2/c1-5-8(2)6-12-7-11-9(3)10(12)4/h7-8H,5-6H2,1-4H3. The summed E-state index contributed by atoms with van der Waals surface area (Å²) in [6.07, 6.45) is 3.17. The highest BCUT2D eigenvalue weighted by Crippen LogP contribution is 2.09. The lowest BCUT2D eigenvalue weighted by molar-refractivity contribution is 0.463. The molecular formula is C10H18N2. The lowest BCUT2D eigenvalue weighted by Crippen LogP contribution is -2.07. The Bertz CT molecular complexity index is 250. The van der Waals surface area contributed by atoms with Gasteiger partial charge in [-0.1, -0.05) is 20.3 Å². The van der Waals surface area contributed by atoms with Crippen molar-refractivity contribution in [2.24, 2.45) is 5.92 Å². The van der Waals surface area contributed by atoms with Crippen molar-refractivity contribution in [2.75, 3.05) is 0 Å². The fourth-order valence-corrected chi connectivity index (χ4v) is 1.19. The van der Waals surface area contributed by atoms with Crippen molar-refractivity contribution in [3.8, 4) is 0 Å². The van der Waals surface area contributed by atoms with Gasteiger partial charge in [0.2, 0.25) is 0 Å². The molecule has 0 aromatic carbocycles. The molecule has 0 aliphatic heterocycles. The average molecular weight is 166 g/mol. The van der Waals surface area contributed by atoms with E-state index in [1.807, 2.05) is 6.33 Å². The van der Waals surface area contributed by atoms with E-state index in [4.69, 9.17) is 0 Å². The van der Waals surface area contributed by atoms with E-state index in [1.54, 1.807) is 0 Å². The van der Waals surface area contributed by atoms with Crippen LogP contribution in [0.5, 0.6) is 0 Å². The van der Waals surface area contributed by atoms with E-state index in [2.05, 4.69) is 37.2 Å². The third-order valence-electron chi connectivity index (χ3n) is 2.55. The maximum atomic E-state index is 4.27. The van der Waals surface area contributed by atoms with Gasteiger partial charge in [0.05, 0.1) is 12.0 Å².